The van der Waals surface area contributed by atoms with Crippen molar-refractivity contribution in [2.45, 2.75) is 32.7 Å². The van der Waals surface area contributed by atoms with Crippen LogP contribution in [0.1, 0.15) is 31.0 Å². The van der Waals surface area contributed by atoms with Crippen molar-refractivity contribution < 1.29 is 14.7 Å². The fourth-order valence-corrected chi connectivity index (χ4v) is 2.50. The number of carboxylic acid groups (broad SMARTS) is 1. The Hall–Kier alpha value is -1.82. The lowest BCUT2D eigenvalue weighted by molar-refractivity contribution is -0.142. The van der Waals surface area contributed by atoms with Crippen molar-refractivity contribution in [2.24, 2.45) is 13.0 Å². The van der Waals surface area contributed by atoms with Crippen molar-refractivity contribution in [3.8, 4) is 0 Å². The number of halogens is 1. The molecule has 6 nitrogen and oxygen atoms in total. The Bertz CT molecular complexity index is 620. The zero-order valence-corrected chi connectivity index (χ0v) is 13.7. The van der Waals surface area contributed by atoms with Crippen LogP contribution in [0.15, 0.2) is 6.08 Å². The fraction of sp³-hybridized carbons (Fsp3) is 0.533. The molecule has 7 heteroatoms. The molecule has 0 bridgehead atoms. The first kappa shape index (κ1) is 16.5. The van der Waals surface area contributed by atoms with Crippen LogP contribution in [0.2, 0.25) is 5.15 Å². The van der Waals surface area contributed by atoms with Crippen LogP contribution in [0.25, 0.3) is 6.08 Å². The van der Waals surface area contributed by atoms with E-state index in [1.807, 2.05) is 6.92 Å². The van der Waals surface area contributed by atoms with Gasteiger partial charge in [-0.05, 0) is 25.8 Å². The summed E-state index contributed by atoms with van der Waals surface area (Å²) in [6.45, 7) is 3.65. The molecule has 1 aliphatic carbocycles. The van der Waals surface area contributed by atoms with E-state index >= 15 is 0 Å². The van der Waals surface area contributed by atoms with Crippen molar-refractivity contribution in [3.63, 3.8) is 0 Å². The number of carboxylic acids is 1. The van der Waals surface area contributed by atoms with Crippen LogP contribution in [-0.2, 0) is 16.6 Å². The van der Waals surface area contributed by atoms with Crippen molar-refractivity contribution in [3.05, 3.63) is 22.5 Å². The van der Waals surface area contributed by atoms with Gasteiger partial charge >= 0.3 is 5.97 Å². The van der Waals surface area contributed by atoms with Crippen LogP contribution in [0, 0.1) is 12.8 Å². The van der Waals surface area contributed by atoms with Gasteiger partial charge in [-0.3, -0.25) is 14.3 Å². The maximum Gasteiger partial charge on any atom is 0.308 e. The summed E-state index contributed by atoms with van der Waals surface area (Å²) in [7, 11) is 1.74. The van der Waals surface area contributed by atoms with Crippen LogP contribution in [0.3, 0.4) is 0 Å². The number of aryl methyl sites for hydroxylation is 2. The fourth-order valence-electron chi connectivity index (χ4n) is 2.26. The molecule has 0 saturated heterocycles. The maximum absolute atomic E-state index is 12.4. The second-order valence-electron chi connectivity index (χ2n) is 5.71. The van der Waals surface area contributed by atoms with E-state index < -0.39 is 11.9 Å². The summed E-state index contributed by atoms with van der Waals surface area (Å²) >= 11 is 6.12. The smallest absolute Gasteiger partial charge is 0.308 e. The molecule has 22 heavy (non-hydrogen) atoms. The Labute approximate surface area is 134 Å². The van der Waals surface area contributed by atoms with Gasteiger partial charge in [0.2, 0.25) is 5.91 Å². The molecule has 0 radical (unpaired) electrons. The molecule has 1 aromatic rings. The predicted octanol–water partition coefficient (Wildman–Crippen LogP) is 2.11. The highest BCUT2D eigenvalue weighted by molar-refractivity contribution is 6.31. The van der Waals surface area contributed by atoms with Gasteiger partial charge in [0.05, 0.1) is 11.6 Å². The third-order valence-corrected chi connectivity index (χ3v) is 4.20. The van der Waals surface area contributed by atoms with E-state index in [4.69, 9.17) is 16.7 Å². The lowest BCUT2D eigenvalue weighted by atomic mass is 10.1. The van der Waals surface area contributed by atoms with Gasteiger partial charge in [-0.25, -0.2) is 0 Å². The Morgan fingerprint density at radius 1 is 1.55 bits per heavy atom. The maximum atomic E-state index is 12.4. The zero-order chi connectivity index (χ0) is 16.4. The molecule has 1 aliphatic rings. The third kappa shape index (κ3) is 3.68. The normalized spacial score (nSPS) is 16.0. The predicted molar refractivity (Wildman–Crippen MR) is 83.5 cm³/mol. The van der Waals surface area contributed by atoms with Crippen LogP contribution in [0.4, 0.5) is 0 Å². The van der Waals surface area contributed by atoms with E-state index in [9.17, 15) is 9.59 Å². The summed E-state index contributed by atoms with van der Waals surface area (Å²) in [6, 6.07) is 0.157. The Kier molecular flexibility index (Phi) is 4.90. The summed E-state index contributed by atoms with van der Waals surface area (Å²) in [5, 5.41) is 13.7. The molecule has 120 valence electrons. The lowest BCUT2D eigenvalue weighted by Gasteiger charge is -2.22. The minimum absolute atomic E-state index is 0.157. The molecule has 1 amide bonds. The molecular formula is C15H20ClN3O3. The molecule has 1 saturated carbocycles. The second-order valence-corrected chi connectivity index (χ2v) is 6.07. The molecule has 0 aliphatic heterocycles. The number of carbonyl (C=O) groups excluding carboxylic acids is 1. The first-order chi connectivity index (χ1) is 10.3. The quantitative estimate of drug-likeness (QED) is 0.813. The number of aliphatic carboxylic acids is 1. The minimum atomic E-state index is -0.895. The number of hydrogen-bond donors (Lipinski definition) is 1. The minimum Gasteiger partial charge on any atom is -0.481 e. The summed E-state index contributed by atoms with van der Waals surface area (Å²) in [5.41, 5.74) is 1.45. The van der Waals surface area contributed by atoms with E-state index in [-0.39, 0.29) is 18.5 Å². The molecule has 1 fully saturated rings. The summed E-state index contributed by atoms with van der Waals surface area (Å²) in [5.74, 6) is -1.66. The van der Waals surface area contributed by atoms with Gasteiger partial charge in [-0.2, -0.15) is 5.10 Å². The number of aromatic nitrogens is 2. The van der Waals surface area contributed by atoms with Crippen molar-refractivity contribution in [1.82, 2.24) is 14.7 Å². The van der Waals surface area contributed by atoms with E-state index in [0.29, 0.717) is 10.7 Å². The molecule has 0 aromatic carbocycles. The largest absolute Gasteiger partial charge is 0.481 e. The van der Waals surface area contributed by atoms with E-state index in [0.717, 1.165) is 18.5 Å². The van der Waals surface area contributed by atoms with Gasteiger partial charge < -0.3 is 10.0 Å². The lowest BCUT2D eigenvalue weighted by Crippen LogP contribution is -2.37. The number of nitrogens with zero attached hydrogens (tertiary/aromatic N) is 3. The monoisotopic (exact) mass is 325 g/mol. The van der Waals surface area contributed by atoms with Gasteiger partial charge in [0.15, 0.2) is 0 Å². The molecule has 1 heterocycles. The Morgan fingerprint density at radius 3 is 2.64 bits per heavy atom. The van der Waals surface area contributed by atoms with Crippen molar-refractivity contribution in [1.29, 1.82) is 0 Å². The molecular weight excluding hydrogens is 306 g/mol. The molecule has 1 aromatic heterocycles. The highest BCUT2D eigenvalue weighted by atomic mass is 35.5. The topological polar surface area (TPSA) is 75.4 Å². The highest BCUT2D eigenvalue weighted by Crippen LogP contribution is 2.28. The van der Waals surface area contributed by atoms with E-state index in [1.54, 1.807) is 29.6 Å². The summed E-state index contributed by atoms with van der Waals surface area (Å²) in [6.07, 6.45) is 4.95. The molecule has 2 rings (SSSR count). The average Bonchev–Trinajstić information content (AvgIpc) is 3.24. The summed E-state index contributed by atoms with van der Waals surface area (Å²) < 4.78 is 1.55. The summed E-state index contributed by atoms with van der Waals surface area (Å²) in [4.78, 5) is 25.0. The second kappa shape index (κ2) is 6.52. The SMILES string of the molecule is Cc1nn(C)c(Cl)c1C=CC(=O)N(CC(C)C(=O)O)C1CC1. The van der Waals surface area contributed by atoms with E-state index in [2.05, 4.69) is 5.10 Å². The van der Waals surface area contributed by atoms with Crippen LogP contribution >= 0.6 is 11.6 Å². The van der Waals surface area contributed by atoms with Crippen LogP contribution in [0.5, 0.6) is 0 Å². The molecule has 1 unspecified atom stereocenters. The molecule has 1 atom stereocenters. The van der Waals surface area contributed by atoms with Crippen LogP contribution < -0.4 is 0 Å². The molecule has 1 N–H and O–H groups in total. The zero-order valence-electron chi connectivity index (χ0n) is 12.9. The Morgan fingerprint density at radius 2 is 2.18 bits per heavy atom. The standard InChI is InChI=1S/C15H20ClN3O3/c1-9(15(21)22)8-19(11-4-5-11)13(20)7-6-12-10(2)17-18(3)14(12)16/h6-7,9,11H,4-5,8H2,1-3H3,(H,21,22). The first-order valence-corrected chi connectivity index (χ1v) is 7.59. The average molecular weight is 326 g/mol. The number of carbonyl (C=O) groups is 2. The number of amides is 1. The Balaban J connectivity index is 2.11. The van der Waals surface area contributed by atoms with Gasteiger partial charge in [-0.15, -0.1) is 0 Å². The highest BCUT2D eigenvalue weighted by Gasteiger charge is 2.33. The molecule has 0 spiro atoms. The van der Waals surface area contributed by atoms with Crippen LogP contribution in [-0.4, -0.2) is 44.3 Å². The van der Waals surface area contributed by atoms with Gasteiger partial charge in [0, 0.05) is 31.3 Å². The van der Waals surface area contributed by atoms with Crippen molar-refractivity contribution >= 4 is 29.6 Å². The van der Waals surface area contributed by atoms with Gasteiger partial charge in [-0.1, -0.05) is 18.5 Å². The van der Waals surface area contributed by atoms with Gasteiger partial charge in [0.1, 0.15) is 5.15 Å². The number of rotatable bonds is 6. The van der Waals surface area contributed by atoms with Gasteiger partial charge in [0.25, 0.3) is 0 Å². The van der Waals surface area contributed by atoms with Crippen molar-refractivity contribution in [2.75, 3.05) is 6.54 Å². The third-order valence-electron chi connectivity index (χ3n) is 3.75. The first-order valence-electron chi connectivity index (χ1n) is 7.21. The van der Waals surface area contributed by atoms with E-state index in [1.165, 1.54) is 6.08 Å². The number of hydrogen-bond acceptors (Lipinski definition) is 3.